The largest absolute Gasteiger partial charge is 0.465 e. The van der Waals surface area contributed by atoms with Crippen LogP contribution in [0.15, 0.2) is 30.3 Å². The maximum absolute atomic E-state index is 12.3. The summed E-state index contributed by atoms with van der Waals surface area (Å²) in [6.45, 7) is 6.08. The Morgan fingerprint density at radius 2 is 1.95 bits per heavy atom. The van der Waals surface area contributed by atoms with Crippen LogP contribution in [0, 0.1) is 0 Å². The van der Waals surface area contributed by atoms with Gasteiger partial charge in [0.25, 0.3) is 0 Å². The highest BCUT2D eigenvalue weighted by molar-refractivity contribution is 9.10. The number of ether oxygens (including phenoxy) is 1. The Morgan fingerprint density at radius 3 is 2.48 bits per heavy atom. The molecule has 21 heavy (non-hydrogen) atoms. The first-order chi connectivity index (χ1) is 9.97. The second-order valence-electron chi connectivity index (χ2n) is 5.33. The van der Waals surface area contributed by atoms with Crippen molar-refractivity contribution >= 4 is 21.9 Å². The maximum atomic E-state index is 12.3. The van der Waals surface area contributed by atoms with Crippen molar-refractivity contribution < 1.29 is 14.6 Å². The van der Waals surface area contributed by atoms with E-state index in [9.17, 15) is 9.90 Å². The lowest BCUT2D eigenvalue weighted by atomic mass is 9.84. The molecule has 0 bridgehead atoms. The van der Waals surface area contributed by atoms with Gasteiger partial charge in [-0.05, 0) is 18.9 Å². The van der Waals surface area contributed by atoms with Gasteiger partial charge >= 0.3 is 5.97 Å². The van der Waals surface area contributed by atoms with Gasteiger partial charge in [0.05, 0.1) is 12.7 Å². The molecule has 1 rings (SSSR count). The average Bonchev–Trinajstić information content (AvgIpc) is 2.52. The average molecular weight is 357 g/mol. The molecule has 3 nitrogen and oxygen atoms in total. The Bertz CT molecular complexity index is 435. The Hall–Kier alpha value is -0.870. The Kier molecular flexibility index (Phi) is 7.40. The summed E-state index contributed by atoms with van der Waals surface area (Å²) in [7, 11) is 0. The van der Waals surface area contributed by atoms with E-state index >= 15 is 0 Å². The molecule has 3 unspecified atom stereocenters. The van der Waals surface area contributed by atoms with Crippen molar-refractivity contribution in [1.82, 2.24) is 0 Å². The highest BCUT2D eigenvalue weighted by Crippen LogP contribution is 2.37. The van der Waals surface area contributed by atoms with Crippen LogP contribution in [0.3, 0.4) is 0 Å². The molecule has 0 saturated heterocycles. The van der Waals surface area contributed by atoms with Gasteiger partial charge in [0, 0.05) is 5.92 Å². The molecule has 0 aliphatic rings. The van der Waals surface area contributed by atoms with Crippen LogP contribution in [-0.2, 0) is 9.53 Å². The van der Waals surface area contributed by atoms with E-state index < -0.39 is 10.4 Å². The molecule has 0 amide bonds. The summed E-state index contributed by atoms with van der Waals surface area (Å²) in [5.74, 6) is -0.541. The summed E-state index contributed by atoms with van der Waals surface area (Å²) < 4.78 is 4.12. The first-order valence-corrected chi connectivity index (χ1v) is 8.35. The summed E-state index contributed by atoms with van der Waals surface area (Å²) in [5.41, 5.74) is 1.01. The number of aliphatic hydroxyl groups excluding tert-OH is 1. The van der Waals surface area contributed by atoms with E-state index in [4.69, 9.17) is 4.74 Å². The lowest BCUT2D eigenvalue weighted by molar-refractivity contribution is -0.149. The highest BCUT2D eigenvalue weighted by atomic mass is 79.9. The molecule has 0 aromatic heterocycles. The number of hydrogen-bond acceptors (Lipinski definition) is 3. The van der Waals surface area contributed by atoms with E-state index in [0.717, 1.165) is 18.4 Å². The van der Waals surface area contributed by atoms with Crippen LogP contribution in [0.5, 0.6) is 0 Å². The van der Waals surface area contributed by atoms with Crippen LogP contribution < -0.4 is 0 Å². The monoisotopic (exact) mass is 356 g/mol. The maximum Gasteiger partial charge on any atom is 0.325 e. The molecule has 0 heterocycles. The summed E-state index contributed by atoms with van der Waals surface area (Å²) >= 11 is 3.49. The van der Waals surface area contributed by atoms with E-state index in [1.54, 1.807) is 6.92 Å². The van der Waals surface area contributed by atoms with Gasteiger partial charge in [-0.2, -0.15) is 0 Å². The summed E-state index contributed by atoms with van der Waals surface area (Å²) in [6.07, 6.45) is 1.52. The van der Waals surface area contributed by atoms with Crippen molar-refractivity contribution in [3.05, 3.63) is 35.9 Å². The van der Waals surface area contributed by atoms with Gasteiger partial charge in [-0.3, -0.25) is 4.79 Å². The summed E-state index contributed by atoms with van der Waals surface area (Å²) in [4.78, 5) is 12.3. The van der Waals surface area contributed by atoms with E-state index in [2.05, 4.69) is 22.9 Å². The standard InChI is InChI=1S/C17H25BrO3/c1-4-6-12-17(18,16(20)21-5-2)15(19)13(3)14-10-8-7-9-11-14/h7-11,13,15,19H,4-6,12H2,1-3H3. The fourth-order valence-corrected chi connectivity index (χ4v) is 3.18. The molecule has 0 fully saturated rings. The zero-order valence-corrected chi connectivity index (χ0v) is 14.6. The van der Waals surface area contributed by atoms with Crippen LogP contribution in [0.1, 0.15) is 51.5 Å². The normalized spacial score (nSPS) is 16.8. The zero-order chi connectivity index (χ0) is 15.9. The number of unbranched alkanes of at least 4 members (excludes halogenated alkanes) is 1. The molecule has 0 spiro atoms. The first-order valence-electron chi connectivity index (χ1n) is 7.56. The van der Waals surface area contributed by atoms with Gasteiger partial charge in [-0.1, -0.05) is 73.0 Å². The van der Waals surface area contributed by atoms with Crippen LogP contribution in [0.25, 0.3) is 0 Å². The van der Waals surface area contributed by atoms with Gasteiger partial charge in [-0.25, -0.2) is 0 Å². The van der Waals surface area contributed by atoms with Gasteiger partial charge in [0.15, 0.2) is 0 Å². The fourth-order valence-electron chi connectivity index (χ4n) is 2.39. The van der Waals surface area contributed by atoms with Crippen molar-refractivity contribution in [2.45, 2.75) is 56.4 Å². The molecule has 0 aliphatic carbocycles. The minimum absolute atomic E-state index is 0.160. The third kappa shape index (κ3) is 4.55. The lowest BCUT2D eigenvalue weighted by Crippen LogP contribution is -2.47. The predicted octanol–water partition coefficient (Wildman–Crippen LogP) is 4.04. The highest BCUT2D eigenvalue weighted by Gasteiger charge is 2.46. The van der Waals surface area contributed by atoms with Crippen LogP contribution in [0.2, 0.25) is 0 Å². The molecule has 118 valence electrons. The minimum atomic E-state index is -1.05. The van der Waals surface area contributed by atoms with Crippen LogP contribution >= 0.6 is 15.9 Å². The molecule has 0 radical (unpaired) electrons. The number of alkyl halides is 1. The molecule has 4 heteroatoms. The summed E-state index contributed by atoms with van der Waals surface area (Å²) in [5, 5.41) is 10.8. The third-order valence-corrected chi connectivity index (χ3v) is 4.97. The van der Waals surface area contributed by atoms with Crippen LogP contribution in [-0.4, -0.2) is 28.1 Å². The number of benzene rings is 1. The molecule has 1 aromatic rings. The number of carbonyl (C=O) groups excluding carboxylic acids is 1. The second-order valence-corrected chi connectivity index (χ2v) is 6.75. The zero-order valence-electron chi connectivity index (χ0n) is 13.0. The Labute approximate surface area is 135 Å². The number of carbonyl (C=O) groups is 1. The number of hydrogen-bond donors (Lipinski definition) is 1. The van der Waals surface area contributed by atoms with Crippen molar-refractivity contribution in [1.29, 1.82) is 0 Å². The van der Waals surface area contributed by atoms with Crippen molar-refractivity contribution in [3.63, 3.8) is 0 Å². The van der Waals surface area contributed by atoms with Gasteiger partial charge in [0.2, 0.25) is 0 Å². The van der Waals surface area contributed by atoms with E-state index in [1.807, 2.05) is 37.3 Å². The topological polar surface area (TPSA) is 46.5 Å². The summed E-state index contributed by atoms with van der Waals surface area (Å²) in [6, 6.07) is 9.74. The molecule has 1 N–H and O–H groups in total. The molecule has 0 aliphatic heterocycles. The van der Waals surface area contributed by atoms with Gasteiger partial charge in [-0.15, -0.1) is 0 Å². The lowest BCUT2D eigenvalue weighted by Gasteiger charge is -2.34. The molecule has 3 atom stereocenters. The van der Waals surface area contributed by atoms with E-state index in [0.29, 0.717) is 13.0 Å². The quantitative estimate of drug-likeness (QED) is 0.564. The Balaban J connectivity index is 2.98. The van der Waals surface area contributed by atoms with Crippen LogP contribution in [0.4, 0.5) is 0 Å². The van der Waals surface area contributed by atoms with Crippen molar-refractivity contribution in [2.75, 3.05) is 6.61 Å². The first kappa shape index (κ1) is 18.2. The smallest absolute Gasteiger partial charge is 0.325 e. The predicted molar refractivity (Wildman–Crippen MR) is 88.7 cm³/mol. The Morgan fingerprint density at radius 1 is 1.33 bits per heavy atom. The number of aliphatic hydroxyl groups is 1. The van der Waals surface area contributed by atoms with Crippen molar-refractivity contribution in [3.8, 4) is 0 Å². The van der Waals surface area contributed by atoms with Gasteiger partial charge in [0.1, 0.15) is 4.32 Å². The molecule has 1 aromatic carbocycles. The molecule has 0 saturated carbocycles. The SMILES string of the molecule is CCCCC(Br)(C(=O)OCC)C(O)C(C)c1ccccc1. The minimum Gasteiger partial charge on any atom is -0.465 e. The number of halogens is 1. The third-order valence-electron chi connectivity index (χ3n) is 3.78. The van der Waals surface area contributed by atoms with E-state index in [-0.39, 0.29) is 11.9 Å². The number of rotatable bonds is 8. The van der Waals surface area contributed by atoms with Crippen molar-refractivity contribution in [2.24, 2.45) is 0 Å². The van der Waals surface area contributed by atoms with Gasteiger partial charge < -0.3 is 9.84 Å². The fraction of sp³-hybridized carbons (Fsp3) is 0.588. The second kappa shape index (κ2) is 8.54. The number of esters is 1. The van der Waals surface area contributed by atoms with E-state index in [1.165, 1.54) is 0 Å². The molecular formula is C17H25BrO3. The molecular weight excluding hydrogens is 332 g/mol.